The molecule has 1 saturated heterocycles. The Morgan fingerprint density at radius 1 is 1.15 bits per heavy atom. The van der Waals surface area contributed by atoms with Gasteiger partial charge in [0.1, 0.15) is 5.82 Å². The summed E-state index contributed by atoms with van der Waals surface area (Å²) in [5, 5.41) is 9.60. The van der Waals surface area contributed by atoms with Crippen molar-refractivity contribution < 1.29 is 14.3 Å². The minimum atomic E-state index is -0.184. The normalized spacial score (nSPS) is 13.7. The number of methoxy groups -OCH3 is 2. The quantitative estimate of drug-likeness (QED) is 0.376. The first-order chi connectivity index (χ1) is 16.0. The predicted molar refractivity (Wildman–Crippen MR) is 130 cm³/mol. The molecule has 1 aromatic carbocycles. The molecule has 1 aliphatic rings. The Bertz CT molecular complexity index is 1130. The molecule has 176 valence electrons. The Labute approximate surface area is 197 Å². The van der Waals surface area contributed by atoms with E-state index in [1.807, 2.05) is 10.9 Å². The number of fused-ring (bicyclic) bond motifs is 1. The maximum absolute atomic E-state index is 12.6. The van der Waals surface area contributed by atoms with Crippen molar-refractivity contribution in [2.24, 2.45) is 0 Å². The van der Waals surface area contributed by atoms with Gasteiger partial charge in [-0.1, -0.05) is 25.6 Å². The second-order valence-corrected chi connectivity index (χ2v) is 9.66. The summed E-state index contributed by atoms with van der Waals surface area (Å²) in [6.45, 7) is 7.20. The molecule has 0 atom stereocenters. The Morgan fingerprint density at radius 2 is 1.91 bits per heavy atom. The summed E-state index contributed by atoms with van der Waals surface area (Å²) >= 11 is 1.65. The van der Waals surface area contributed by atoms with Crippen LogP contribution in [0.5, 0.6) is 11.5 Å². The van der Waals surface area contributed by atoms with Gasteiger partial charge in [-0.25, -0.2) is 14.6 Å². The van der Waals surface area contributed by atoms with E-state index in [1.165, 1.54) is 12.8 Å². The highest BCUT2D eigenvalue weighted by Crippen LogP contribution is 2.31. The summed E-state index contributed by atoms with van der Waals surface area (Å²) < 4.78 is 12.4. The number of benzene rings is 1. The minimum Gasteiger partial charge on any atom is -0.493 e. The van der Waals surface area contributed by atoms with Crippen LogP contribution in [0, 0.1) is 0 Å². The molecular formula is C23H30N6O3S. The predicted octanol–water partition coefficient (Wildman–Crippen LogP) is 3.37. The molecule has 1 amide bonds. The van der Waals surface area contributed by atoms with Crippen LogP contribution in [0.4, 0.5) is 5.82 Å². The zero-order valence-corrected chi connectivity index (χ0v) is 20.3. The van der Waals surface area contributed by atoms with E-state index >= 15 is 0 Å². The minimum absolute atomic E-state index is 0.184. The first-order valence-electron chi connectivity index (χ1n) is 11.2. The number of aromatic nitrogens is 4. The molecule has 9 nitrogen and oxygen atoms in total. The van der Waals surface area contributed by atoms with Crippen molar-refractivity contribution in [3.8, 4) is 11.5 Å². The van der Waals surface area contributed by atoms with Gasteiger partial charge >= 0.3 is 0 Å². The number of thioether (sulfide) groups is 1. The monoisotopic (exact) mass is 470 g/mol. The maximum atomic E-state index is 12.6. The third kappa shape index (κ3) is 5.16. The van der Waals surface area contributed by atoms with Gasteiger partial charge in [-0.2, -0.15) is 5.10 Å². The fourth-order valence-electron chi connectivity index (χ4n) is 3.87. The molecule has 0 bridgehead atoms. The number of ether oxygens (including phenoxy) is 2. The zero-order chi connectivity index (χ0) is 23.4. The van der Waals surface area contributed by atoms with Crippen molar-refractivity contribution in [1.82, 2.24) is 25.1 Å². The molecule has 2 aromatic heterocycles. The summed E-state index contributed by atoms with van der Waals surface area (Å²) in [4.78, 5) is 24.6. The number of rotatable bonds is 9. The number of anilines is 1. The van der Waals surface area contributed by atoms with Gasteiger partial charge in [0, 0.05) is 30.4 Å². The van der Waals surface area contributed by atoms with Gasteiger partial charge in [0.2, 0.25) is 0 Å². The van der Waals surface area contributed by atoms with Crippen LogP contribution < -0.4 is 19.7 Å². The average Bonchev–Trinajstić information content (AvgIpc) is 3.48. The number of carbonyl (C=O) groups excluding carboxylic acids is 1. The van der Waals surface area contributed by atoms with Crippen molar-refractivity contribution in [1.29, 1.82) is 0 Å². The molecule has 10 heteroatoms. The van der Waals surface area contributed by atoms with Gasteiger partial charge in [-0.3, -0.25) is 4.79 Å². The lowest BCUT2D eigenvalue weighted by atomic mass is 10.2. The third-order valence-corrected chi connectivity index (χ3v) is 6.32. The molecule has 0 radical (unpaired) electrons. The second-order valence-electron chi connectivity index (χ2n) is 8.12. The Hall–Kier alpha value is -3.01. The third-order valence-electron chi connectivity index (χ3n) is 5.46. The molecule has 0 saturated carbocycles. The number of hydrogen-bond donors (Lipinski definition) is 1. The first kappa shape index (κ1) is 23.2. The standard InChI is InChI=1S/C23H30N6O3S/c1-15(2)33-23-26-20(28-10-5-6-11-28)17-14-25-29(21(17)27-23)12-9-24-22(30)16-7-8-18(31-3)19(13-16)32-4/h7-8,13-15H,5-6,9-12H2,1-4H3,(H,24,30). The van der Waals surface area contributed by atoms with E-state index in [0.29, 0.717) is 35.4 Å². The highest BCUT2D eigenvalue weighted by molar-refractivity contribution is 7.99. The van der Waals surface area contributed by atoms with E-state index in [0.717, 1.165) is 35.1 Å². The van der Waals surface area contributed by atoms with Crippen LogP contribution in [0.3, 0.4) is 0 Å². The van der Waals surface area contributed by atoms with Crippen LogP contribution in [-0.4, -0.2) is 64.8 Å². The zero-order valence-electron chi connectivity index (χ0n) is 19.5. The van der Waals surface area contributed by atoms with Crippen molar-refractivity contribution in [3.63, 3.8) is 0 Å². The fraction of sp³-hybridized carbons (Fsp3) is 0.478. The maximum Gasteiger partial charge on any atom is 0.251 e. The van der Waals surface area contributed by atoms with Crippen LogP contribution >= 0.6 is 11.8 Å². The van der Waals surface area contributed by atoms with Crippen LogP contribution in [-0.2, 0) is 6.54 Å². The summed E-state index contributed by atoms with van der Waals surface area (Å²) in [7, 11) is 3.11. The van der Waals surface area contributed by atoms with Crippen LogP contribution in [0.25, 0.3) is 11.0 Å². The molecule has 3 aromatic rings. The molecule has 1 N–H and O–H groups in total. The highest BCUT2D eigenvalue weighted by atomic mass is 32.2. The lowest BCUT2D eigenvalue weighted by Crippen LogP contribution is -2.27. The molecular weight excluding hydrogens is 440 g/mol. The number of hydrogen-bond acceptors (Lipinski definition) is 8. The second kappa shape index (κ2) is 10.3. The van der Waals surface area contributed by atoms with Crippen LogP contribution in [0.15, 0.2) is 29.6 Å². The average molecular weight is 471 g/mol. The Balaban J connectivity index is 1.50. The van der Waals surface area contributed by atoms with Gasteiger partial charge in [0.15, 0.2) is 22.3 Å². The summed E-state index contributed by atoms with van der Waals surface area (Å²) in [5.41, 5.74) is 1.31. The van der Waals surface area contributed by atoms with Gasteiger partial charge in [-0.05, 0) is 31.0 Å². The molecule has 1 fully saturated rings. The lowest BCUT2D eigenvalue weighted by molar-refractivity contribution is 0.0951. The number of amides is 1. The van der Waals surface area contributed by atoms with Gasteiger partial charge in [0.25, 0.3) is 5.91 Å². The van der Waals surface area contributed by atoms with Gasteiger partial charge < -0.3 is 19.7 Å². The Morgan fingerprint density at radius 3 is 2.61 bits per heavy atom. The SMILES string of the molecule is COc1ccc(C(=O)NCCn2ncc3c(N4CCCC4)nc(SC(C)C)nc32)cc1OC. The van der Waals surface area contributed by atoms with Crippen molar-refractivity contribution >= 4 is 34.5 Å². The first-order valence-corrected chi connectivity index (χ1v) is 12.0. The van der Waals surface area contributed by atoms with E-state index in [1.54, 1.807) is 44.2 Å². The van der Waals surface area contributed by atoms with Crippen LogP contribution in [0.2, 0.25) is 0 Å². The highest BCUT2D eigenvalue weighted by Gasteiger charge is 2.21. The number of nitrogens with one attached hydrogen (secondary N) is 1. The fourth-order valence-corrected chi connectivity index (χ4v) is 4.57. The van der Waals surface area contributed by atoms with Crippen LogP contribution in [0.1, 0.15) is 37.0 Å². The Kier molecular flexibility index (Phi) is 7.22. The molecule has 4 rings (SSSR count). The summed E-state index contributed by atoms with van der Waals surface area (Å²) in [6, 6.07) is 5.10. The topological polar surface area (TPSA) is 94.4 Å². The smallest absolute Gasteiger partial charge is 0.251 e. The lowest BCUT2D eigenvalue weighted by Gasteiger charge is -2.18. The molecule has 3 heterocycles. The molecule has 0 aliphatic carbocycles. The molecule has 0 unspecified atom stereocenters. The van der Waals surface area contributed by atoms with E-state index in [2.05, 4.69) is 29.2 Å². The van der Waals surface area contributed by atoms with Gasteiger partial charge in [-0.15, -0.1) is 0 Å². The molecule has 0 spiro atoms. The summed E-state index contributed by atoms with van der Waals surface area (Å²) in [6.07, 6.45) is 4.19. The largest absolute Gasteiger partial charge is 0.493 e. The van der Waals surface area contributed by atoms with E-state index < -0.39 is 0 Å². The van der Waals surface area contributed by atoms with Crippen molar-refractivity contribution in [3.05, 3.63) is 30.0 Å². The molecule has 1 aliphatic heterocycles. The van der Waals surface area contributed by atoms with Crippen molar-refractivity contribution in [2.45, 2.75) is 43.6 Å². The van der Waals surface area contributed by atoms with Crippen molar-refractivity contribution in [2.75, 3.05) is 38.8 Å². The number of carbonyl (C=O) groups is 1. The van der Waals surface area contributed by atoms with E-state index in [-0.39, 0.29) is 5.91 Å². The summed E-state index contributed by atoms with van der Waals surface area (Å²) in [5.74, 6) is 1.88. The van der Waals surface area contributed by atoms with E-state index in [4.69, 9.17) is 19.4 Å². The molecule has 33 heavy (non-hydrogen) atoms. The van der Waals surface area contributed by atoms with Gasteiger partial charge in [0.05, 0.1) is 32.3 Å². The van der Waals surface area contributed by atoms with E-state index in [9.17, 15) is 4.79 Å². The number of nitrogens with zero attached hydrogens (tertiary/aromatic N) is 5.